The molecule has 1 saturated heterocycles. The quantitative estimate of drug-likeness (QED) is 0.589. The standard InChI is InChI=1S/C22H21F2N3O2S/c23-14-9-10-15(16(24)13-14)21(29)25-11-3-8-20(28)27-12-4-6-18(27)22-26-17-5-1-2-7-19(17)30-22/h1-2,5,7,9-10,13,18H,3-4,6,8,11-12H2,(H,25,29). The number of nitrogens with one attached hydrogen (secondary N) is 1. The first-order chi connectivity index (χ1) is 14.5. The van der Waals surface area contributed by atoms with Crippen LogP contribution in [0.2, 0.25) is 0 Å². The summed E-state index contributed by atoms with van der Waals surface area (Å²) in [6, 6.07) is 10.8. The van der Waals surface area contributed by atoms with Crippen LogP contribution in [0.5, 0.6) is 0 Å². The van der Waals surface area contributed by atoms with Crippen LogP contribution in [-0.4, -0.2) is 34.8 Å². The Morgan fingerprint density at radius 3 is 2.83 bits per heavy atom. The summed E-state index contributed by atoms with van der Waals surface area (Å²) in [6.07, 6.45) is 2.56. The molecule has 1 unspecified atom stereocenters. The Kier molecular flexibility index (Phi) is 6.03. The van der Waals surface area contributed by atoms with Crippen LogP contribution >= 0.6 is 11.3 Å². The number of hydrogen-bond acceptors (Lipinski definition) is 4. The average Bonchev–Trinajstić information content (AvgIpc) is 3.37. The summed E-state index contributed by atoms with van der Waals surface area (Å²) in [5.74, 6) is -2.23. The van der Waals surface area contributed by atoms with Gasteiger partial charge in [-0.25, -0.2) is 13.8 Å². The van der Waals surface area contributed by atoms with Crippen LogP contribution in [-0.2, 0) is 4.79 Å². The number of carbonyl (C=O) groups is 2. The topological polar surface area (TPSA) is 62.3 Å². The third-order valence-corrected chi connectivity index (χ3v) is 6.34. The Bertz CT molecular complexity index is 1050. The molecule has 1 aliphatic heterocycles. The molecule has 1 aromatic heterocycles. The molecule has 0 bridgehead atoms. The van der Waals surface area contributed by atoms with E-state index in [0.29, 0.717) is 19.0 Å². The highest BCUT2D eigenvalue weighted by molar-refractivity contribution is 7.18. The number of aromatic nitrogens is 1. The van der Waals surface area contributed by atoms with E-state index < -0.39 is 17.5 Å². The lowest BCUT2D eigenvalue weighted by Gasteiger charge is -2.23. The van der Waals surface area contributed by atoms with Crippen LogP contribution in [0.4, 0.5) is 8.78 Å². The van der Waals surface area contributed by atoms with E-state index in [9.17, 15) is 18.4 Å². The molecule has 1 aliphatic rings. The first kappa shape index (κ1) is 20.4. The lowest BCUT2D eigenvalue weighted by Crippen LogP contribution is -2.31. The maximum atomic E-state index is 13.7. The number of benzene rings is 2. The van der Waals surface area contributed by atoms with Gasteiger partial charge in [0.05, 0.1) is 21.8 Å². The molecule has 2 heterocycles. The smallest absolute Gasteiger partial charge is 0.254 e. The average molecular weight is 429 g/mol. The van der Waals surface area contributed by atoms with Crippen LogP contribution < -0.4 is 5.32 Å². The minimum Gasteiger partial charge on any atom is -0.352 e. The highest BCUT2D eigenvalue weighted by Crippen LogP contribution is 2.36. The van der Waals surface area contributed by atoms with Crippen LogP contribution in [0.25, 0.3) is 10.2 Å². The van der Waals surface area contributed by atoms with Crippen LogP contribution in [0.1, 0.15) is 47.1 Å². The number of likely N-dealkylation sites (tertiary alicyclic amines) is 1. The molecule has 0 saturated carbocycles. The first-order valence-corrected chi connectivity index (χ1v) is 10.7. The molecule has 4 rings (SSSR count). The Balaban J connectivity index is 1.30. The molecule has 0 radical (unpaired) electrons. The fourth-order valence-electron chi connectivity index (χ4n) is 3.71. The summed E-state index contributed by atoms with van der Waals surface area (Å²) >= 11 is 1.62. The van der Waals surface area contributed by atoms with Gasteiger partial charge >= 0.3 is 0 Å². The number of fused-ring (bicyclic) bond motifs is 1. The molecule has 3 aromatic rings. The van der Waals surface area contributed by atoms with Gasteiger partial charge in [-0.1, -0.05) is 12.1 Å². The number of rotatable bonds is 6. The molecule has 1 N–H and O–H groups in total. The Labute approximate surface area is 176 Å². The SMILES string of the molecule is O=C(NCCCC(=O)N1CCCC1c1nc2ccccc2s1)c1ccc(F)cc1F. The van der Waals surface area contributed by atoms with E-state index >= 15 is 0 Å². The molecular weight excluding hydrogens is 408 g/mol. The normalized spacial score (nSPS) is 16.2. The van der Waals surface area contributed by atoms with E-state index in [0.717, 1.165) is 40.2 Å². The summed E-state index contributed by atoms with van der Waals surface area (Å²) in [4.78, 5) is 31.3. The Morgan fingerprint density at radius 2 is 2.03 bits per heavy atom. The van der Waals surface area contributed by atoms with Gasteiger partial charge in [0, 0.05) is 25.6 Å². The number of hydrogen-bond donors (Lipinski definition) is 1. The molecule has 8 heteroatoms. The van der Waals surface area contributed by atoms with Crippen molar-refractivity contribution < 1.29 is 18.4 Å². The lowest BCUT2D eigenvalue weighted by atomic mass is 10.2. The van der Waals surface area contributed by atoms with Gasteiger partial charge < -0.3 is 10.2 Å². The van der Waals surface area contributed by atoms with E-state index in [-0.39, 0.29) is 30.5 Å². The van der Waals surface area contributed by atoms with Gasteiger partial charge in [0.25, 0.3) is 5.91 Å². The van der Waals surface area contributed by atoms with Gasteiger partial charge in [-0.2, -0.15) is 0 Å². The number of para-hydroxylation sites is 1. The number of halogens is 2. The highest BCUT2D eigenvalue weighted by atomic mass is 32.1. The largest absolute Gasteiger partial charge is 0.352 e. The third-order valence-electron chi connectivity index (χ3n) is 5.20. The van der Waals surface area contributed by atoms with E-state index in [2.05, 4.69) is 5.32 Å². The number of carbonyl (C=O) groups excluding carboxylic acids is 2. The van der Waals surface area contributed by atoms with Gasteiger partial charge in [-0.15, -0.1) is 11.3 Å². The third kappa shape index (κ3) is 4.33. The van der Waals surface area contributed by atoms with E-state index in [1.807, 2.05) is 29.2 Å². The van der Waals surface area contributed by atoms with Crippen LogP contribution in [0.15, 0.2) is 42.5 Å². The number of amides is 2. The zero-order valence-corrected chi connectivity index (χ0v) is 17.1. The lowest BCUT2D eigenvalue weighted by molar-refractivity contribution is -0.132. The van der Waals surface area contributed by atoms with Crippen LogP contribution in [0, 0.1) is 11.6 Å². The second-order valence-electron chi connectivity index (χ2n) is 7.25. The van der Waals surface area contributed by atoms with Crippen molar-refractivity contribution in [3.05, 3.63) is 64.7 Å². The van der Waals surface area contributed by atoms with Crippen molar-refractivity contribution in [2.75, 3.05) is 13.1 Å². The number of nitrogens with zero attached hydrogens (tertiary/aromatic N) is 2. The number of thiazole rings is 1. The Morgan fingerprint density at radius 1 is 1.20 bits per heavy atom. The van der Waals surface area contributed by atoms with Crippen molar-refractivity contribution in [2.45, 2.75) is 31.7 Å². The molecule has 0 aliphatic carbocycles. The van der Waals surface area contributed by atoms with Crippen molar-refractivity contribution in [3.63, 3.8) is 0 Å². The van der Waals surface area contributed by atoms with Crippen molar-refractivity contribution in [2.24, 2.45) is 0 Å². The maximum absolute atomic E-state index is 13.7. The van der Waals surface area contributed by atoms with Gasteiger partial charge in [0.2, 0.25) is 5.91 Å². The van der Waals surface area contributed by atoms with E-state index in [4.69, 9.17) is 4.98 Å². The summed E-state index contributed by atoms with van der Waals surface area (Å²) in [5, 5.41) is 3.54. The summed E-state index contributed by atoms with van der Waals surface area (Å²) in [5.41, 5.74) is 0.741. The fourth-order valence-corrected chi connectivity index (χ4v) is 4.82. The molecule has 5 nitrogen and oxygen atoms in total. The summed E-state index contributed by atoms with van der Waals surface area (Å²) < 4.78 is 27.7. The summed E-state index contributed by atoms with van der Waals surface area (Å²) in [6.45, 7) is 0.938. The minimum atomic E-state index is -0.903. The highest BCUT2D eigenvalue weighted by Gasteiger charge is 2.31. The van der Waals surface area contributed by atoms with E-state index in [1.165, 1.54) is 0 Å². The van der Waals surface area contributed by atoms with Gasteiger partial charge in [-0.05, 0) is 43.5 Å². The predicted molar refractivity (Wildman–Crippen MR) is 111 cm³/mol. The van der Waals surface area contributed by atoms with Gasteiger partial charge in [-0.3, -0.25) is 9.59 Å². The molecule has 2 amide bonds. The van der Waals surface area contributed by atoms with E-state index in [1.54, 1.807) is 11.3 Å². The summed E-state index contributed by atoms with van der Waals surface area (Å²) in [7, 11) is 0. The molecule has 30 heavy (non-hydrogen) atoms. The Hall–Kier alpha value is -2.87. The molecule has 1 fully saturated rings. The molecule has 1 atom stereocenters. The molecule has 0 spiro atoms. The van der Waals surface area contributed by atoms with Gasteiger partial charge in [0.15, 0.2) is 0 Å². The maximum Gasteiger partial charge on any atom is 0.254 e. The van der Waals surface area contributed by atoms with Crippen molar-refractivity contribution in [1.29, 1.82) is 0 Å². The second-order valence-corrected chi connectivity index (χ2v) is 8.31. The first-order valence-electron chi connectivity index (χ1n) is 9.91. The fraction of sp³-hybridized carbons (Fsp3) is 0.318. The van der Waals surface area contributed by atoms with Gasteiger partial charge in [0.1, 0.15) is 16.6 Å². The predicted octanol–water partition coefficient (Wildman–Crippen LogP) is 4.45. The van der Waals surface area contributed by atoms with Crippen molar-refractivity contribution >= 4 is 33.4 Å². The monoisotopic (exact) mass is 429 g/mol. The molecular formula is C22H21F2N3O2S. The molecule has 156 valence electrons. The zero-order chi connectivity index (χ0) is 21.1. The van der Waals surface area contributed by atoms with Crippen molar-refractivity contribution in [3.8, 4) is 0 Å². The second kappa shape index (κ2) is 8.87. The van der Waals surface area contributed by atoms with Crippen molar-refractivity contribution in [1.82, 2.24) is 15.2 Å². The minimum absolute atomic E-state index is 0.00203. The van der Waals surface area contributed by atoms with Crippen LogP contribution in [0.3, 0.4) is 0 Å². The zero-order valence-electron chi connectivity index (χ0n) is 16.2. The molecule has 2 aromatic carbocycles.